The Labute approximate surface area is 196 Å². The molecule has 2 aromatic heterocycles. The molecular formula is C25H29F3N4O2. The number of methoxy groups -OCH3 is 1. The van der Waals surface area contributed by atoms with E-state index in [4.69, 9.17) is 4.74 Å². The number of amides is 1. The quantitative estimate of drug-likeness (QED) is 0.466. The van der Waals surface area contributed by atoms with Crippen molar-refractivity contribution in [2.45, 2.75) is 64.7 Å². The Hall–Kier alpha value is -3.10. The van der Waals surface area contributed by atoms with Gasteiger partial charge in [0.15, 0.2) is 5.65 Å². The number of halogens is 3. The van der Waals surface area contributed by atoms with Gasteiger partial charge in [-0.2, -0.15) is 13.2 Å². The highest BCUT2D eigenvalue weighted by Crippen LogP contribution is 2.37. The number of nitrogens with zero attached hydrogens (tertiary/aromatic N) is 4. The highest BCUT2D eigenvalue weighted by molar-refractivity contribution is 5.86. The summed E-state index contributed by atoms with van der Waals surface area (Å²) in [5.74, 6) is 0.428. The van der Waals surface area contributed by atoms with Crippen LogP contribution >= 0.6 is 0 Å². The third-order valence-electron chi connectivity index (χ3n) is 6.65. The minimum Gasteiger partial charge on any atom is -0.479 e. The topological polar surface area (TPSA) is 60.2 Å². The van der Waals surface area contributed by atoms with Crippen molar-refractivity contribution in [3.63, 3.8) is 0 Å². The molecule has 1 aliphatic rings. The van der Waals surface area contributed by atoms with Gasteiger partial charge in [0.05, 0.1) is 24.1 Å². The van der Waals surface area contributed by atoms with Gasteiger partial charge in [-0.05, 0) is 68.9 Å². The van der Waals surface area contributed by atoms with E-state index in [-0.39, 0.29) is 18.4 Å². The van der Waals surface area contributed by atoms with Crippen LogP contribution in [-0.2, 0) is 24.4 Å². The number of alkyl halides is 3. The Kier molecular flexibility index (Phi) is 6.31. The average molecular weight is 475 g/mol. The highest BCUT2D eigenvalue weighted by atomic mass is 19.4. The zero-order chi connectivity index (χ0) is 24.8. The van der Waals surface area contributed by atoms with Crippen LogP contribution in [-0.4, -0.2) is 38.7 Å². The molecule has 0 radical (unpaired) electrons. The smallest absolute Gasteiger partial charge is 0.416 e. The van der Waals surface area contributed by atoms with Gasteiger partial charge < -0.3 is 9.64 Å². The van der Waals surface area contributed by atoms with Crippen molar-refractivity contribution >= 4 is 16.9 Å². The van der Waals surface area contributed by atoms with Crippen LogP contribution in [0.25, 0.3) is 11.0 Å². The van der Waals surface area contributed by atoms with Gasteiger partial charge in [0.25, 0.3) is 0 Å². The summed E-state index contributed by atoms with van der Waals surface area (Å²) >= 11 is 0. The fourth-order valence-electron chi connectivity index (χ4n) is 4.69. The van der Waals surface area contributed by atoms with Crippen molar-refractivity contribution in [3.8, 4) is 5.88 Å². The lowest BCUT2D eigenvalue weighted by molar-refractivity contribution is -0.137. The Morgan fingerprint density at radius 3 is 2.62 bits per heavy atom. The molecule has 4 rings (SSSR count). The molecule has 1 saturated carbocycles. The first-order chi connectivity index (χ1) is 16.0. The normalized spacial score (nSPS) is 14.9. The summed E-state index contributed by atoms with van der Waals surface area (Å²) in [6, 6.07) is 4.89. The van der Waals surface area contributed by atoms with E-state index in [9.17, 15) is 18.0 Å². The molecule has 1 aliphatic carbocycles. The van der Waals surface area contributed by atoms with E-state index in [0.29, 0.717) is 17.9 Å². The Morgan fingerprint density at radius 1 is 1.29 bits per heavy atom. The summed E-state index contributed by atoms with van der Waals surface area (Å²) in [5, 5.41) is 5.19. The summed E-state index contributed by atoms with van der Waals surface area (Å²) in [4.78, 5) is 19.8. The molecule has 0 aliphatic heterocycles. The molecule has 6 nitrogen and oxygen atoms in total. The molecule has 0 N–H and O–H groups in total. The number of benzene rings is 1. The summed E-state index contributed by atoms with van der Waals surface area (Å²) in [7, 11) is 3.37. The van der Waals surface area contributed by atoms with Crippen molar-refractivity contribution in [1.29, 1.82) is 0 Å². The third kappa shape index (κ3) is 4.48. The van der Waals surface area contributed by atoms with Crippen LogP contribution in [0, 0.1) is 13.8 Å². The molecule has 1 unspecified atom stereocenters. The number of pyridine rings is 1. The number of hydrogen-bond donors (Lipinski definition) is 0. The monoisotopic (exact) mass is 474 g/mol. The SMILES string of the molecule is COc1nn(C)c2nc(C)c(CCC(=O)N(C3CC3)C(C)c3cccc(C(F)(F)F)c3)c(C)c12. The van der Waals surface area contributed by atoms with Crippen LogP contribution in [0.15, 0.2) is 24.3 Å². The van der Waals surface area contributed by atoms with E-state index in [1.807, 2.05) is 20.9 Å². The first kappa shape index (κ1) is 24.0. The van der Waals surface area contributed by atoms with Crippen LogP contribution in [0.4, 0.5) is 13.2 Å². The largest absolute Gasteiger partial charge is 0.479 e. The number of rotatable bonds is 7. The average Bonchev–Trinajstić information content (AvgIpc) is 3.56. The maximum absolute atomic E-state index is 13.4. The molecule has 0 spiro atoms. The van der Waals surface area contributed by atoms with Crippen molar-refractivity contribution in [3.05, 3.63) is 52.2 Å². The van der Waals surface area contributed by atoms with E-state index in [2.05, 4.69) is 10.1 Å². The lowest BCUT2D eigenvalue weighted by atomic mass is 9.99. The van der Waals surface area contributed by atoms with Gasteiger partial charge in [-0.25, -0.2) is 9.67 Å². The minimum absolute atomic E-state index is 0.0653. The summed E-state index contributed by atoms with van der Waals surface area (Å²) in [6.07, 6.45) is -1.95. The Bertz CT molecular complexity index is 1230. The van der Waals surface area contributed by atoms with Gasteiger partial charge in [0.2, 0.25) is 11.8 Å². The van der Waals surface area contributed by atoms with Crippen LogP contribution in [0.2, 0.25) is 0 Å². The van der Waals surface area contributed by atoms with Gasteiger partial charge in [0.1, 0.15) is 0 Å². The second-order valence-electron chi connectivity index (χ2n) is 8.96. The molecule has 1 amide bonds. The van der Waals surface area contributed by atoms with Crippen molar-refractivity contribution in [2.24, 2.45) is 7.05 Å². The maximum atomic E-state index is 13.4. The van der Waals surface area contributed by atoms with Crippen LogP contribution in [0.3, 0.4) is 0 Å². The molecule has 0 saturated heterocycles. The maximum Gasteiger partial charge on any atom is 0.416 e. The van der Waals surface area contributed by atoms with Gasteiger partial charge in [0, 0.05) is 25.2 Å². The molecule has 0 bridgehead atoms. The van der Waals surface area contributed by atoms with Crippen LogP contribution in [0.1, 0.15) is 60.2 Å². The van der Waals surface area contributed by atoms with Gasteiger partial charge in [-0.15, -0.1) is 5.10 Å². The fraction of sp³-hybridized carbons (Fsp3) is 0.480. The second-order valence-corrected chi connectivity index (χ2v) is 8.96. The standard InChI is InChI=1S/C25H29F3N4O2/c1-14-20(15(2)29-23-22(14)24(34-5)30-31(23)4)11-12-21(33)32(19-9-10-19)16(3)17-7-6-8-18(13-17)25(26,27)28/h6-8,13,16,19H,9-12H2,1-5H3. The number of carbonyl (C=O) groups excluding carboxylic acids is 1. The molecule has 1 atom stereocenters. The number of hydrogen-bond acceptors (Lipinski definition) is 4. The van der Waals surface area contributed by atoms with E-state index in [0.717, 1.165) is 52.8 Å². The van der Waals surface area contributed by atoms with Gasteiger partial charge >= 0.3 is 6.18 Å². The Balaban J connectivity index is 1.57. The molecule has 1 aromatic carbocycles. The molecule has 3 aromatic rings. The fourth-order valence-corrected chi connectivity index (χ4v) is 4.69. The molecule has 34 heavy (non-hydrogen) atoms. The molecular weight excluding hydrogens is 445 g/mol. The highest BCUT2D eigenvalue weighted by Gasteiger charge is 2.37. The van der Waals surface area contributed by atoms with Crippen molar-refractivity contribution in [2.75, 3.05) is 7.11 Å². The number of aromatic nitrogens is 3. The first-order valence-corrected chi connectivity index (χ1v) is 11.4. The molecule has 182 valence electrons. The third-order valence-corrected chi connectivity index (χ3v) is 6.65. The van der Waals surface area contributed by atoms with E-state index in [1.54, 1.807) is 29.7 Å². The van der Waals surface area contributed by atoms with Crippen LogP contribution in [0.5, 0.6) is 5.88 Å². The number of carbonyl (C=O) groups is 1. The summed E-state index contributed by atoms with van der Waals surface area (Å²) < 4.78 is 46.7. The van der Waals surface area contributed by atoms with E-state index < -0.39 is 17.8 Å². The van der Waals surface area contributed by atoms with Gasteiger partial charge in [-0.1, -0.05) is 12.1 Å². The summed E-state index contributed by atoms with van der Waals surface area (Å²) in [5.41, 5.74) is 3.28. The summed E-state index contributed by atoms with van der Waals surface area (Å²) in [6.45, 7) is 5.69. The minimum atomic E-state index is -4.42. The van der Waals surface area contributed by atoms with E-state index >= 15 is 0 Å². The molecule has 1 fully saturated rings. The predicted octanol–water partition coefficient (Wildman–Crippen LogP) is 5.30. The second kappa shape index (κ2) is 8.92. The predicted molar refractivity (Wildman–Crippen MR) is 123 cm³/mol. The van der Waals surface area contributed by atoms with E-state index in [1.165, 1.54) is 6.07 Å². The van der Waals surface area contributed by atoms with Crippen molar-refractivity contribution in [1.82, 2.24) is 19.7 Å². The van der Waals surface area contributed by atoms with Crippen LogP contribution < -0.4 is 4.74 Å². The van der Waals surface area contributed by atoms with Gasteiger partial charge in [-0.3, -0.25) is 4.79 Å². The van der Waals surface area contributed by atoms with Crippen molar-refractivity contribution < 1.29 is 22.7 Å². The molecule has 2 heterocycles. The first-order valence-electron chi connectivity index (χ1n) is 11.4. The zero-order valence-electron chi connectivity index (χ0n) is 20.0. The Morgan fingerprint density at radius 2 is 2.00 bits per heavy atom. The number of fused-ring (bicyclic) bond motifs is 1. The zero-order valence-corrected chi connectivity index (χ0v) is 20.0. The number of ether oxygens (including phenoxy) is 1. The lowest BCUT2D eigenvalue weighted by Crippen LogP contribution is -2.35. The lowest BCUT2D eigenvalue weighted by Gasteiger charge is -2.30. The molecule has 9 heteroatoms. The number of aryl methyl sites for hydroxylation is 3.